The number of hydrogen-bond acceptors (Lipinski definition) is 5. The van der Waals surface area contributed by atoms with Crippen molar-refractivity contribution >= 4 is 23.5 Å². The van der Waals surface area contributed by atoms with E-state index in [0.717, 1.165) is 5.69 Å². The molecule has 1 fully saturated rings. The molecule has 0 aromatic heterocycles. The highest BCUT2D eigenvalue weighted by atomic mass is 16.5. The smallest absolute Gasteiger partial charge is 0.337 e. The second-order valence-corrected chi connectivity index (χ2v) is 5.68. The van der Waals surface area contributed by atoms with Gasteiger partial charge in [0.1, 0.15) is 5.75 Å². The van der Waals surface area contributed by atoms with E-state index < -0.39 is 17.9 Å². The Kier molecular flexibility index (Phi) is 4.79. The van der Waals surface area contributed by atoms with E-state index in [-0.39, 0.29) is 12.3 Å². The Morgan fingerprint density at radius 2 is 1.72 bits per heavy atom. The van der Waals surface area contributed by atoms with Crippen LogP contribution in [0, 0.1) is 5.92 Å². The third-order valence-corrected chi connectivity index (χ3v) is 4.02. The van der Waals surface area contributed by atoms with Crippen molar-refractivity contribution in [3.05, 3.63) is 60.2 Å². The first kappa shape index (κ1) is 16.7. The van der Waals surface area contributed by atoms with Crippen molar-refractivity contribution in [2.75, 3.05) is 18.6 Å². The Morgan fingerprint density at radius 3 is 2.36 bits per heavy atom. The fourth-order valence-electron chi connectivity index (χ4n) is 2.70. The zero-order valence-corrected chi connectivity index (χ0v) is 13.7. The van der Waals surface area contributed by atoms with Gasteiger partial charge in [-0.1, -0.05) is 18.2 Å². The van der Waals surface area contributed by atoms with E-state index in [0.29, 0.717) is 17.9 Å². The van der Waals surface area contributed by atoms with Crippen molar-refractivity contribution in [3.63, 3.8) is 0 Å². The number of carbonyl (C=O) groups is 3. The maximum Gasteiger partial charge on any atom is 0.337 e. The standard InChI is InChI=1S/C19H17NO5/c1-24-18(22)13-7-9-16(10-8-13)25-19(23)14-11-17(21)20(12-14)15-5-3-2-4-6-15/h2-10,14H,11-12H2,1H3. The number of nitrogens with zero attached hydrogens (tertiary/aromatic N) is 1. The molecule has 25 heavy (non-hydrogen) atoms. The van der Waals surface area contributed by atoms with Gasteiger partial charge in [-0.05, 0) is 36.4 Å². The van der Waals surface area contributed by atoms with E-state index in [1.807, 2.05) is 30.3 Å². The van der Waals surface area contributed by atoms with Gasteiger partial charge in [0, 0.05) is 18.7 Å². The number of ether oxygens (including phenoxy) is 2. The largest absolute Gasteiger partial charge is 0.465 e. The zero-order valence-electron chi connectivity index (χ0n) is 13.7. The second-order valence-electron chi connectivity index (χ2n) is 5.68. The Morgan fingerprint density at radius 1 is 1.04 bits per heavy atom. The van der Waals surface area contributed by atoms with Crippen LogP contribution >= 0.6 is 0 Å². The SMILES string of the molecule is COC(=O)c1ccc(OC(=O)C2CC(=O)N(c3ccccc3)C2)cc1. The molecule has 2 aromatic carbocycles. The van der Waals surface area contributed by atoms with Gasteiger partial charge in [0.15, 0.2) is 0 Å². The molecule has 128 valence electrons. The molecule has 0 spiro atoms. The highest BCUT2D eigenvalue weighted by Gasteiger charge is 2.36. The van der Waals surface area contributed by atoms with Gasteiger partial charge in [0.2, 0.25) is 5.91 Å². The lowest BCUT2D eigenvalue weighted by molar-refractivity contribution is -0.139. The highest BCUT2D eigenvalue weighted by Crippen LogP contribution is 2.26. The number of para-hydroxylation sites is 1. The van der Waals surface area contributed by atoms with Gasteiger partial charge in [-0.15, -0.1) is 0 Å². The molecule has 1 atom stereocenters. The number of amides is 1. The summed E-state index contributed by atoms with van der Waals surface area (Å²) in [6.07, 6.45) is 0.119. The minimum atomic E-state index is -0.520. The first-order chi connectivity index (χ1) is 12.1. The fraction of sp³-hybridized carbons (Fsp3) is 0.211. The van der Waals surface area contributed by atoms with E-state index in [1.54, 1.807) is 4.90 Å². The average molecular weight is 339 g/mol. The molecule has 0 radical (unpaired) electrons. The summed E-state index contributed by atoms with van der Waals surface area (Å²) >= 11 is 0. The van der Waals surface area contributed by atoms with Crippen molar-refractivity contribution in [3.8, 4) is 5.75 Å². The molecule has 6 nitrogen and oxygen atoms in total. The van der Waals surface area contributed by atoms with Crippen LogP contribution in [0.3, 0.4) is 0 Å². The van der Waals surface area contributed by atoms with E-state index in [2.05, 4.69) is 4.74 Å². The van der Waals surface area contributed by atoms with Gasteiger partial charge in [-0.3, -0.25) is 9.59 Å². The Bertz CT molecular complexity index is 785. The Labute approximate surface area is 145 Å². The average Bonchev–Trinajstić information content (AvgIpc) is 3.04. The van der Waals surface area contributed by atoms with Crippen LogP contribution in [0.2, 0.25) is 0 Å². The molecule has 0 N–H and O–H groups in total. The summed E-state index contributed by atoms with van der Waals surface area (Å²) in [6, 6.07) is 15.3. The molecule has 1 aliphatic rings. The molecule has 1 unspecified atom stereocenters. The summed E-state index contributed by atoms with van der Waals surface area (Å²) in [5, 5.41) is 0. The normalized spacial score (nSPS) is 16.6. The molecule has 0 aliphatic carbocycles. The van der Waals surface area contributed by atoms with E-state index in [1.165, 1.54) is 31.4 Å². The third kappa shape index (κ3) is 3.68. The number of anilines is 1. The first-order valence-electron chi connectivity index (χ1n) is 7.84. The van der Waals surface area contributed by atoms with E-state index >= 15 is 0 Å². The molecule has 1 heterocycles. The maximum absolute atomic E-state index is 12.3. The van der Waals surface area contributed by atoms with Crippen LogP contribution in [-0.4, -0.2) is 31.5 Å². The molecular weight excluding hydrogens is 322 g/mol. The van der Waals surface area contributed by atoms with Gasteiger partial charge in [-0.25, -0.2) is 4.79 Å². The van der Waals surface area contributed by atoms with Gasteiger partial charge in [-0.2, -0.15) is 0 Å². The molecule has 1 saturated heterocycles. The zero-order chi connectivity index (χ0) is 17.8. The number of rotatable bonds is 4. The molecule has 6 heteroatoms. The number of benzene rings is 2. The number of hydrogen-bond donors (Lipinski definition) is 0. The quantitative estimate of drug-likeness (QED) is 0.632. The minimum absolute atomic E-state index is 0.103. The summed E-state index contributed by atoms with van der Waals surface area (Å²) in [5.41, 5.74) is 1.14. The van der Waals surface area contributed by atoms with E-state index in [9.17, 15) is 14.4 Å². The first-order valence-corrected chi connectivity index (χ1v) is 7.84. The molecule has 2 aromatic rings. The monoisotopic (exact) mass is 339 g/mol. The predicted molar refractivity (Wildman–Crippen MR) is 90.3 cm³/mol. The molecule has 0 bridgehead atoms. The summed E-state index contributed by atoms with van der Waals surface area (Å²) in [7, 11) is 1.30. The lowest BCUT2D eigenvalue weighted by atomic mass is 10.1. The highest BCUT2D eigenvalue weighted by molar-refractivity contribution is 5.99. The van der Waals surface area contributed by atoms with Crippen LogP contribution in [0.1, 0.15) is 16.8 Å². The molecule has 3 rings (SSSR count). The Hall–Kier alpha value is -3.15. The van der Waals surface area contributed by atoms with Gasteiger partial charge in [0.25, 0.3) is 0 Å². The summed E-state index contributed by atoms with van der Waals surface area (Å²) in [5.74, 6) is -1.22. The van der Waals surface area contributed by atoms with Crippen LogP contribution < -0.4 is 9.64 Å². The number of methoxy groups -OCH3 is 1. The molecule has 0 saturated carbocycles. The van der Waals surface area contributed by atoms with Crippen LogP contribution in [0.5, 0.6) is 5.75 Å². The molecular formula is C19H17NO5. The van der Waals surface area contributed by atoms with Crippen molar-refractivity contribution in [1.82, 2.24) is 0 Å². The topological polar surface area (TPSA) is 72.9 Å². The summed E-state index contributed by atoms with van der Waals surface area (Å²) in [6.45, 7) is 0.294. The Balaban J connectivity index is 1.64. The predicted octanol–water partition coefficient (Wildman–Crippen LogP) is 2.43. The lowest BCUT2D eigenvalue weighted by Crippen LogP contribution is -2.27. The minimum Gasteiger partial charge on any atom is -0.465 e. The number of esters is 2. The van der Waals surface area contributed by atoms with Crippen LogP contribution in [0.15, 0.2) is 54.6 Å². The van der Waals surface area contributed by atoms with Gasteiger partial charge in [0.05, 0.1) is 18.6 Å². The second kappa shape index (κ2) is 7.17. The van der Waals surface area contributed by atoms with Crippen LogP contribution in [-0.2, 0) is 14.3 Å². The lowest BCUT2D eigenvalue weighted by Gasteiger charge is -2.16. The van der Waals surface area contributed by atoms with Crippen LogP contribution in [0.25, 0.3) is 0 Å². The van der Waals surface area contributed by atoms with Crippen molar-refractivity contribution in [2.45, 2.75) is 6.42 Å². The molecule has 1 amide bonds. The molecule has 1 aliphatic heterocycles. The van der Waals surface area contributed by atoms with Gasteiger partial charge >= 0.3 is 11.9 Å². The third-order valence-electron chi connectivity index (χ3n) is 4.02. The van der Waals surface area contributed by atoms with E-state index in [4.69, 9.17) is 4.74 Å². The van der Waals surface area contributed by atoms with Crippen LogP contribution in [0.4, 0.5) is 5.69 Å². The fourth-order valence-corrected chi connectivity index (χ4v) is 2.70. The number of carbonyl (C=O) groups excluding carboxylic acids is 3. The van der Waals surface area contributed by atoms with Crippen molar-refractivity contribution in [2.24, 2.45) is 5.92 Å². The van der Waals surface area contributed by atoms with Gasteiger partial charge < -0.3 is 14.4 Å². The van der Waals surface area contributed by atoms with Crippen molar-refractivity contribution in [1.29, 1.82) is 0 Å². The van der Waals surface area contributed by atoms with Crippen molar-refractivity contribution < 1.29 is 23.9 Å². The summed E-state index contributed by atoms with van der Waals surface area (Å²) in [4.78, 5) is 37.5. The maximum atomic E-state index is 12.3. The summed E-state index contributed by atoms with van der Waals surface area (Å²) < 4.78 is 9.94.